The lowest BCUT2D eigenvalue weighted by molar-refractivity contribution is -0.742. The van der Waals surface area contributed by atoms with Crippen molar-refractivity contribution in [2.24, 2.45) is 0 Å². The van der Waals surface area contributed by atoms with Gasteiger partial charge in [0.1, 0.15) is 0 Å². The summed E-state index contributed by atoms with van der Waals surface area (Å²) in [7, 11) is 0. The van der Waals surface area contributed by atoms with Crippen molar-refractivity contribution in [3.05, 3.63) is 10.1 Å². The zero-order valence-electron chi connectivity index (χ0n) is 2.42. The molecule has 0 amide bonds. The Morgan fingerprint density at radius 2 is 1.67 bits per heavy atom. The molecule has 4 N–H and O–H groups in total. The minimum Gasteiger partial charge on any atom is -0.344 e. The zero-order valence-corrected chi connectivity index (χ0v) is 2.42. The first-order valence-corrected chi connectivity index (χ1v) is 0.565. The second-order valence-corrected chi connectivity index (χ2v) is 0.238. The molecule has 0 spiro atoms. The van der Waals surface area contributed by atoms with Crippen LogP contribution in [0.25, 0.3) is 0 Å². The quantitative estimate of drug-likeness (QED) is 0.338. The van der Waals surface area contributed by atoms with Gasteiger partial charge in [0.05, 0.1) is 0 Å². The third-order valence-electron chi connectivity index (χ3n) is 0. The summed E-state index contributed by atoms with van der Waals surface area (Å²) >= 11 is 0. The molecule has 0 aromatic carbocycles. The maximum Gasteiger partial charge on any atom is 0.291 e. The molecular weight excluding hydrogens is 88.0 g/mol. The van der Waals surface area contributed by atoms with Crippen molar-refractivity contribution < 1.29 is 10.3 Å². The van der Waals surface area contributed by atoms with E-state index in [0.717, 1.165) is 0 Å². The second-order valence-electron chi connectivity index (χ2n) is 0.238. The molecule has 6 heavy (non-hydrogen) atoms. The van der Waals surface area contributed by atoms with Gasteiger partial charge in [-0.25, -0.2) is 0 Å². The summed E-state index contributed by atoms with van der Waals surface area (Å²) in [6, 6.07) is 0. The van der Waals surface area contributed by atoms with Crippen molar-refractivity contribution in [3.8, 4) is 0 Å². The van der Waals surface area contributed by atoms with Crippen molar-refractivity contribution >= 4 is 0 Å². The van der Waals surface area contributed by atoms with Crippen LogP contribution in [0, 0.1) is 10.1 Å². The molecule has 0 aliphatic rings. The highest BCUT2D eigenvalue weighted by atomic mass is 16.9. The van der Waals surface area contributed by atoms with Gasteiger partial charge < -0.3 is 11.4 Å². The van der Waals surface area contributed by atoms with Crippen LogP contribution < -0.4 is 6.15 Å². The number of rotatable bonds is 0. The Morgan fingerprint density at radius 1 is 1.67 bits per heavy atom. The van der Waals surface area contributed by atoms with Crippen molar-refractivity contribution in [2.75, 3.05) is 0 Å². The van der Waals surface area contributed by atoms with Crippen LogP contribution in [-0.2, 0) is 0 Å². The Kier molecular flexibility index (Phi) is 28.4. The number of nitrogens with zero attached hydrogens (tertiary/aromatic N) is 1. The van der Waals surface area contributed by atoms with Crippen molar-refractivity contribution in [1.82, 2.24) is 6.15 Å². The summed E-state index contributed by atoms with van der Waals surface area (Å²) in [6.07, 6.45) is 0. The van der Waals surface area contributed by atoms with Gasteiger partial charge in [-0.1, -0.05) is 7.43 Å². The normalized spacial score (nSPS) is 4.00. The van der Waals surface area contributed by atoms with E-state index in [1.807, 2.05) is 0 Å². The van der Waals surface area contributed by atoms with Gasteiger partial charge in [0, 0.05) is 0 Å². The molecule has 5 heteroatoms. The largest absolute Gasteiger partial charge is 0.344 e. The molecule has 0 saturated carbocycles. The number of hydrogen-bond donors (Lipinski definition) is 2. The van der Waals surface area contributed by atoms with E-state index in [0.29, 0.717) is 0 Å². The molecule has 0 atom stereocenters. The lowest BCUT2D eigenvalue weighted by atomic mass is 12.0. The standard InChI is InChI=1S/CH4.HNO3.H3N/c;2-1(3)4;/h1H4;(H,2,3,4);1H3. The third-order valence-corrected chi connectivity index (χ3v) is 0. The van der Waals surface area contributed by atoms with Gasteiger partial charge in [0.15, 0.2) is 0 Å². The maximum absolute atomic E-state index is 8.36. The van der Waals surface area contributed by atoms with Gasteiger partial charge in [-0.2, -0.15) is 0 Å². The van der Waals surface area contributed by atoms with Crippen LogP contribution in [0.15, 0.2) is 0 Å². The van der Waals surface area contributed by atoms with Gasteiger partial charge >= 0.3 is 0 Å². The average Bonchev–Trinajstić information content (AvgIpc) is 0.811. The molecular formula is CH8N2O3. The van der Waals surface area contributed by atoms with Crippen LogP contribution in [0.5, 0.6) is 0 Å². The Morgan fingerprint density at radius 3 is 1.67 bits per heavy atom. The molecule has 0 saturated heterocycles. The molecule has 0 aromatic heterocycles. The molecule has 0 rings (SSSR count). The SMILES string of the molecule is C.N.O=[N+]([O-])O. The summed E-state index contributed by atoms with van der Waals surface area (Å²) in [5.41, 5.74) is 0. The highest BCUT2D eigenvalue weighted by Crippen LogP contribution is 1.38. The Bertz CT molecular complexity index is 31.8. The third kappa shape index (κ3) is 20.9. The lowest BCUT2D eigenvalue weighted by Crippen LogP contribution is -1.81. The van der Waals surface area contributed by atoms with E-state index in [9.17, 15) is 0 Å². The van der Waals surface area contributed by atoms with E-state index < -0.39 is 5.09 Å². The first kappa shape index (κ1) is 19.1. The van der Waals surface area contributed by atoms with Crippen LogP contribution >= 0.6 is 0 Å². The van der Waals surface area contributed by atoms with E-state index in [-0.39, 0.29) is 13.6 Å². The summed E-state index contributed by atoms with van der Waals surface area (Å²) in [5.74, 6) is 0. The molecule has 0 fully saturated rings. The zero-order chi connectivity index (χ0) is 3.58. The van der Waals surface area contributed by atoms with Crippen LogP contribution in [0.2, 0.25) is 0 Å². The molecule has 0 heterocycles. The van der Waals surface area contributed by atoms with Gasteiger partial charge in [-0.15, -0.1) is 10.1 Å². The molecule has 0 unspecified atom stereocenters. The van der Waals surface area contributed by atoms with E-state index in [1.54, 1.807) is 0 Å². The molecule has 0 aliphatic carbocycles. The van der Waals surface area contributed by atoms with E-state index in [2.05, 4.69) is 0 Å². The van der Waals surface area contributed by atoms with Gasteiger partial charge in [0.25, 0.3) is 5.09 Å². The number of hydrogen-bond acceptors (Lipinski definition) is 3. The fourth-order valence-corrected chi connectivity index (χ4v) is 0. The monoisotopic (exact) mass is 96.1 g/mol. The fourth-order valence-electron chi connectivity index (χ4n) is 0. The smallest absolute Gasteiger partial charge is 0.291 e. The van der Waals surface area contributed by atoms with Crippen molar-refractivity contribution in [3.63, 3.8) is 0 Å². The predicted octanol–water partition coefficient (Wildman–Crippen LogP) is 0.450. The molecule has 0 aromatic rings. The Hall–Kier alpha value is -0.840. The van der Waals surface area contributed by atoms with Crippen LogP contribution in [-0.4, -0.2) is 10.3 Å². The second kappa shape index (κ2) is 8.90. The minimum absolute atomic E-state index is 0. The summed E-state index contributed by atoms with van der Waals surface area (Å²) in [5, 5.41) is 13.6. The van der Waals surface area contributed by atoms with Crippen LogP contribution in [0.3, 0.4) is 0 Å². The molecule has 0 aliphatic heterocycles. The molecule has 5 nitrogen and oxygen atoms in total. The van der Waals surface area contributed by atoms with E-state index in [1.165, 1.54) is 0 Å². The summed E-state index contributed by atoms with van der Waals surface area (Å²) < 4.78 is 0. The fraction of sp³-hybridized carbons (Fsp3) is 1.00. The summed E-state index contributed by atoms with van der Waals surface area (Å²) in [4.78, 5) is 8.36. The highest BCUT2D eigenvalue weighted by Gasteiger charge is 1.65. The topological polar surface area (TPSA) is 98.4 Å². The lowest BCUT2D eigenvalue weighted by Gasteiger charge is -1.56. The Balaban J connectivity index is -0.0000000450. The average molecular weight is 96.1 g/mol. The van der Waals surface area contributed by atoms with Crippen LogP contribution in [0.4, 0.5) is 0 Å². The van der Waals surface area contributed by atoms with E-state index in [4.69, 9.17) is 15.3 Å². The first-order valence-electron chi connectivity index (χ1n) is 0.565. The summed E-state index contributed by atoms with van der Waals surface area (Å²) in [6.45, 7) is 0. The molecule has 40 valence electrons. The van der Waals surface area contributed by atoms with Crippen LogP contribution in [0.1, 0.15) is 7.43 Å². The van der Waals surface area contributed by atoms with Gasteiger partial charge in [-0.3, -0.25) is 0 Å². The molecule has 0 radical (unpaired) electrons. The first-order chi connectivity index (χ1) is 1.73. The van der Waals surface area contributed by atoms with E-state index >= 15 is 0 Å². The van der Waals surface area contributed by atoms with Crippen molar-refractivity contribution in [2.45, 2.75) is 7.43 Å². The van der Waals surface area contributed by atoms with Gasteiger partial charge in [0.2, 0.25) is 0 Å². The predicted molar refractivity (Wildman–Crippen MR) is 20.5 cm³/mol. The minimum atomic E-state index is -1.50. The van der Waals surface area contributed by atoms with Gasteiger partial charge in [-0.05, 0) is 0 Å². The maximum atomic E-state index is 8.36. The van der Waals surface area contributed by atoms with Crippen molar-refractivity contribution in [1.29, 1.82) is 0 Å². The Labute approximate surface area is 35.3 Å². The highest BCUT2D eigenvalue weighted by molar-refractivity contribution is 3.83. The molecule has 0 bridgehead atoms.